The van der Waals surface area contributed by atoms with Gasteiger partial charge in [-0.25, -0.2) is 0 Å². The highest BCUT2D eigenvalue weighted by Gasteiger charge is 2.17. The van der Waals surface area contributed by atoms with E-state index < -0.39 is 0 Å². The van der Waals surface area contributed by atoms with Gasteiger partial charge in [-0.15, -0.1) is 0 Å². The molecule has 0 aromatic rings. The Bertz CT molecular complexity index is 183. The summed E-state index contributed by atoms with van der Waals surface area (Å²) < 4.78 is 4.99. The summed E-state index contributed by atoms with van der Waals surface area (Å²) in [6.07, 6.45) is 5.84. The van der Waals surface area contributed by atoms with Crippen LogP contribution in [0.15, 0.2) is 0 Å². The Balaban J connectivity index is 4.00. The summed E-state index contributed by atoms with van der Waals surface area (Å²) in [7, 11) is 0. The smallest absolute Gasteiger partial charge is 0.322 e. The van der Waals surface area contributed by atoms with Crippen LogP contribution in [-0.2, 0) is 9.53 Å². The van der Waals surface area contributed by atoms with Crippen molar-refractivity contribution in [3.63, 3.8) is 0 Å². The number of carbonyl (C=O) groups excluding carboxylic acids is 1. The first kappa shape index (κ1) is 15.4. The first-order valence-electron chi connectivity index (χ1n) is 6.58. The van der Waals surface area contributed by atoms with Gasteiger partial charge in [-0.1, -0.05) is 33.1 Å². The van der Waals surface area contributed by atoms with Crippen molar-refractivity contribution in [2.75, 3.05) is 6.61 Å². The van der Waals surface area contributed by atoms with E-state index in [1.54, 1.807) is 0 Å². The van der Waals surface area contributed by atoms with E-state index in [1.807, 2.05) is 13.8 Å². The molecular weight excluding hydrogens is 202 g/mol. The van der Waals surface area contributed by atoms with Crippen LogP contribution in [0.4, 0.5) is 0 Å². The van der Waals surface area contributed by atoms with Crippen LogP contribution < -0.4 is 5.32 Å². The second-order valence-electron chi connectivity index (χ2n) is 4.27. The van der Waals surface area contributed by atoms with E-state index in [0.717, 1.165) is 19.3 Å². The molecule has 0 aliphatic heterocycles. The summed E-state index contributed by atoms with van der Waals surface area (Å²) in [5.74, 6) is -0.139. The Hall–Kier alpha value is -0.570. The lowest BCUT2D eigenvalue weighted by Gasteiger charge is -2.21. The second kappa shape index (κ2) is 9.64. The standard InChI is InChI=1S/C13H27NO2/c1-5-8-10-12(9-6-2)14-11(4)13(15)16-7-3/h11-12,14H,5-10H2,1-4H3. The maximum atomic E-state index is 11.5. The molecule has 0 rings (SSSR count). The topological polar surface area (TPSA) is 38.3 Å². The van der Waals surface area contributed by atoms with Crippen LogP contribution in [0.2, 0.25) is 0 Å². The van der Waals surface area contributed by atoms with Crippen LogP contribution in [0.1, 0.15) is 59.8 Å². The number of esters is 1. The van der Waals surface area contributed by atoms with Crippen molar-refractivity contribution in [3.8, 4) is 0 Å². The van der Waals surface area contributed by atoms with Crippen molar-refractivity contribution < 1.29 is 9.53 Å². The number of nitrogens with one attached hydrogen (secondary N) is 1. The van der Waals surface area contributed by atoms with Gasteiger partial charge >= 0.3 is 5.97 Å². The number of hydrogen-bond acceptors (Lipinski definition) is 3. The second-order valence-corrected chi connectivity index (χ2v) is 4.27. The molecule has 0 bridgehead atoms. The minimum absolute atomic E-state index is 0.139. The number of ether oxygens (including phenoxy) is 1. The molecule has 2 unspecified atom stereocenters. The maximum absolute atomic E-state index is 11.5. The predicted molar refractivity (Wildman–Crippen MR) is 67.5 cm³/mol. The van der Waals surface area contributed by atoms with Crippen molar-refractivity contribution in [1.29, 1.82) is 0 Å². The van der Waals surface area contributed by atoms with Gasteiger partial charge in [0.1, 0.15) is 6.04 Å². The van der Waals surface area contributed by atoms with E-state index in [4.69, 9.17) is 4.74 Å². The number of unbranched alkanes of at least 4 members (excludes halogenated alkanes) is 1. The summed E-state index contributed by atoms with van der Waals surface area (Å²) in [5, 5.41) is 3.36. The van der Waals surface area contributed by atoms with E-state index in [-0.39, 0.29) is 12.0 Å². The molecule has 0 aromatic carbocycles. The van der Waals surface area contributed by atoms with Crippen LogP contribution in [0.3, 0.4) is 0 Å². The molecule has 0 saturated carbocycles. The molecule has 0 fully saturated rings. The zero-order valence-corrected chi connectivity index (χ0v) is 11.2. The van der Waals surface area contributed by atoms with Gasteiger partial charge in [0.2, 0.25) is 0 Å². The van der Waals surface area contributed by atoms with Crippen molar-refractivity contribution in [3.05, 3.63) is 0 Å². The van der Waals surface area contributed by atoms with Crippen LogP contribution in [0.5, 0.6) is 0 Å². The van der Waals surface area contributed by atoms with E-state index in [2.05, 4.69) is 19.2 Å². The summed E-state index contributed by atoms with van der Waals surface area (Å²) in [4.78, 5) is 11.5. The molecule has 0 aliphatic carbocycles. The quantitative estimate of drug-likeness (QED) is 0.618. The Morgan fingerprint density at radius 3 is 2.38 bits per heavy atom. The zero-order valence-electron chi connectivity index (χ0n) is 11.2. The average Bonchev–Trinajstić information content (AvgIpc) is 2.26. The maximum Gasteiger partial charge on any atom is 0.322 e. The van der Waals surface area contributed by atoms with Crippen molar-refractivity contribution in [2.24, 2.45) is 0 Å². The van der Waals surface area contributed by atoms with Gasteiger partial charge in [0.25, 0.3) is 0 Å². The lowest BCUT2D eigenvalue weighted by Crippen LogP contribution is -2.42. The molecule has 1 N–H and O–H groups in total. The van der Waals surface area contributed by atoms with Crippen LogP contribution in [-0.4, -0.2) is 24.7 Å². The third kappa shape index (κ3) is 6.83. The van der Waals surface area contributed by atoms with Gasteiger partial charge < -0.3 is 10.1 Å². The van der Waals surface area contributed by atoms with Gasteiger partial charge in [-0.05, 0) is 26.7 Å². The Morgan fingerprint density at radius 2 is 1.88 bits per heavy atom. The molecule has 3 nitrogen and oxygen atoms in total. The molecule has 0 saturated heterocycles. The summed E-state index contributed by atoms with van der Waals surface area (Å²) in [6.45, 7) is 8.55. The molecule has 0 radical (unpaired) electrons. The first-order chi connectivity index (χ1) is 7.65. The molecule has 0 spiro atoms. The Labute approximate surface area is 99.9 Å². The Morgan fingerprint density at radius 1 is 1.19 bits per heavy atom. The zero-order chi connectivity index (χ0) is 12.4. The van der Waals surface area contributed by atoms with Crippen LogP contribution in [0, 0.1) is 0 Å². The average molecular weight is 229 g/mol. The molecule has 0 aromatic heterocycles. The van der Waals surface area contributed by atoms with Crippen molar-refractivity contribution >= 4 is 5.97 Å². The molecule has 3 heteroatoms. The summed E-state index contributed by atoms with van der Waals surface area (Å²) in [5.41, 5.74) is 0. The summed E-state index contributed by atoms with van der Waals surface area (Å²) in [6, 6.07) is 0.262. The van der Waals surface area contributed by atoms with E-state index >= 15 is 0 Å². The fraction of sp³-hybridized carbons (Fsp3) is 0.923. The molecule has 16 heavy (non-hydrogen) atoms. The molecule has 0 amide bonds. The van der Waals surface area contributed by atoms with Gasteiger partial charge in [0.15, 0.2) is 0 Å². The highest BCUT2D eigenvalue weighted by atomic mass is 16.5. The lowest BCUT2D eigenvalue weighted by molar-refractivity contribution is -0.145. The fourth-order valence-corrected chi connectivity index (χ4v) is 1.80. The van der Waals surface area contributed by atoms with Gasteiger partial charge in [-0.3, -0.25) is 4.79 Å². The SMILES string of the molecule is CCCCC(CCC)NC(C)C(=O)OCC. The Kier molecular flexibility index (Phi) is 9.30. The minimum atomic E-state index is -0.187. The first-order valence-corrected chi connectivity index (χ1v) is 6.58. The molecule has 2 atom stereocenters. The van der Waals surface area contributed by atoms with Crippen molar-refractivity contribution in [2.45, 2.75) is 71.9 Å². The van der Waals surface area contributed by atoms with E-state index in [0.29, 0.717) is 12.6 Å². The van der Waals surface area contributed by atoms with Gasteiger partial charge in [-0.2, -0.15) is 0 Å². The van der Waals surface area contributed by atoms with Gasteiger partial charge in [0, 0.05) is 6.04 Å². The predicted octanol–water partition coefficient (Wildman–Crippen LogP) is 2.89. The fourth-order valence-electron chi connectivity index (χ4n) is 1.80. The van der Waals surface area contributed by atoms with Crippen LogP contribution >= 0.6 is 0 Å². The lowest BCUT2D eigenvalue weighted by atomic mass is 10.0. The molecular formula is C13H27NO2. The number of rotatable bonds is 9. The normalized spacial score (nSPS) is 14.5. The largest absolute Gasteiger partial charge is 0.465 e. The molecule has 0 aliphatic rings. The molecule has 96 valence electrons. The highest BCUT2D eigenvalue weighted by molar-refractivity contribution is 5.75. The van der Waals surface area contributed by atoms with E-state index in [1.165, 1.54) is 12.8 Å². The molecule has 0 heterocycles. The number of carbonyl (C=O) groups is 1. The third-order valence-electron chi connectivity index (χ3n) is 2.67. The van der Waals surface area contributed by atoms with E-state index in [9.17, 15) is 4.79 Å². The van der Waals surface area contributed by atoms with Crippen LogP contribution in [0.25, 0.3) is 0 Å². The highest BCUT2D eigenvalue weighted by Crippen LogP contribution is 2.08. The summed E-state index contributed by atoms with van der Waals surface area (Å²) >= 11 is 0. The third-order valence-corrected chi connectivity index (χ3v) is 2.67. The van der Waals surface area contributed by atoms with Gasteiger partial charge in [0.05, 0.1) is 6.61 Å². The number of hydrogen-bond donors (Lipinski definition) is 1. The minimum Gasteiger partial charge on any atom is -0.465 e. The monoisotopic (exact) mass is 229 g/mol. The van der Waals surface area contributed by atoms with Crippen molar-refractivity contribution in [1.82, 2.24) is 5.32 Å².